The number of fused-ring (bicyclic) bond motifs is 1. The maximum Gasteiger partial charge on any atom is 0.407 e. The zero-order valence-electron chi connectivity index (χ0n) is 24.0. The molecule has 2 aromatic rings. The van der Waals surface area contributed by atoms with Gasteiger partial charge in [-0.05, 0) is 64.9 Å². The number of anilines is 1. The molecule has 0 spiro atoms. The van der Waals surface area contributed by atoms with E-state index in [4.69, 9.17) is 10.00 Å². The lowest BCUT2D eigenvalue weighted by atomic mass is 9.91. The number of likely N-dealkylation sites (tertiary alicyclic amines) is 1. The van der Waals surface area contributed by atoms with Crippen LogP contribution in [0.25, 0.3) is 11.0 Å². The van der Waals surface area contributed by atoms with Gasteiger partial charge >= 0.3 is 12.1 Å². The van der Waals surface area contributed by atoms with Gasteiger partial charge in [0.2, 0.25) is 5.91 Å². The van der Waals surface area contributed by atoms with Crippen molar-refractivity contribution in [2.24, 2.45) is 5.92 Å². The molecule has 1 saturated carbocycles. The lowest BCUT2D eigenvalue weighted by molar-refractivity contribution is -0.131. The van der Waals surface area contributed by atoms with Crippen LogP contribution in [0.3, 0.4) is 0 Å². The molecule has 216 valence electrons. The van der Waals surface area contributed by atoms with Crippen LogP contribution in [-0.2, 0) is 9.53 Å². The van der Waals surface area contributed by atoms with Crippen LogP contribution in [0, 0.1) is 17.2 Å². The Bertz CT molecular complexity index is 1270. The molecular weight excluding hydrogens is 512 g/mol. The molecule has 1 aliphatic carbocycles. The maximum atomic E-state index is 13.2. The molecule has 1 aliphatic heterocycles. The van der Waals surface area contributed by atoms with Crippen LogP contribution in [0.1, 0.15) is 66.2 Å². The third kappa shape index (κ3) is 6.81. The molecule has 4 rings (SSSR count). The molecule has 2 aliphatic rings. The summed E-state index contributed by atoms with van der Waals surface area (Å²) in [6, 6.07) is 3.55. The molecule has 2 aromatic heterocycles. The van der Waals surface area contributed by atoms with E-state index in [9.17, 15) is 14.4 Å². The number of hydrogen-bond donors (Lipinski definition) is 2. The molecule has 0 unspecified atom stereocenters. The Hall–Kier alpha value is -3.88. The third-order valence-electron chi connectivity index (χ3n) is 7.79. The van der Waals surface area contributed by atoms with Crippen LogP contribution < -0.4 is 15.5 Å². The summed E-state index contributed by atoms with van der Waals surface area (Å²) in [5.74, 6) is 0.848. The number of likely N-dealkylation sites (N-methyl/N-ethyl adjacent to an activating group) is 1. The number of carbonyl (C=O) groups excluding carboxylic acids is 3. The predicted octanol–water partition coefficient (Wildman–Crippen LogP) is 3.41. The number of alkyl carbamates (subject to hydrolysis) is 1. The van der Waals surface area contributed by atoms with Crippen LogP contribution in [0.2, 0.25) is 0 Å². The lowest BCUT2D eigenvalue weighted by Crippen LogP contribution is -2.52. The van der Waals surface area contributed by atoms with Crippen LogP contribution in [0.15, 0.2) is 18.6 Å². The van der Waals surface area contributed by atoms with E-state index in [1.54, 1.807) is 11.1 Å². The van der Waals surface area contributed by atoms with E-state index in [0.29, 0.717) is 30.5 Å². The number of nitrogens with one attached hydrogen (secondary N) is 2. The molecule has 3 amide bonds. The Labute approximate surface area is 235 Å². The number of piperidine rings is 1. The second kappa shape index (κ2) is 12.1. The quantitative estimate of drug-likeness (QED) is 0.574. The minimum Gasteiger partial charge on any atom is -0.444 e. The van der Waals surface area contributed by atoms with Crippen molar-refractivity contribution < 1.29 is 19.1 Å². The molecule has 3 heterocycles. The number of nitrogens with zero attached hydrogens (tertiary/aromatic N) is 6. The molecule has 12 heteroatoms. The molecule has 2 N–H and O–H groups in total. The Kier molecular flexibility index (Phi) is 8.81. The molecular formula is C28H40N8O4. The summed E-state index contributed by atoms with van der Waals surface area (Å²) >= 11 is 0. The summed E-state index contributed by atoms with van der Waals surface area (Å²) in [5.41, 5.74) is -0.0328. The number of nitriles is 1. The lowest BCUT2D eigenvalue weighted by Gasteiger charge is -2.42. The van der Waals surface area contributed by atoms with Gasteiger partial charge in [-0.1, -0.05) is 6.92 Å². The van der Waals surface area contributed by atoms with Gasteiger partial charge in [-0.2, -0.15) is 5.26 Å². The van der Waals surface area contributed by atoms with Crippen molar-refractivity contribution in [2.45, 2.75) is 89.9 Å². The summed E-state index contributed by atoms with van der Waals surface area (Å²) in [5, 5.41) is 15.7. The first-order valence-electron chi connectivity index (χ1n) is 14.0. The Morgan fingerprint density at radius 3 is 2.45 bits per heavy atom. The Balaban J connectivity index is 1.40. The zero-order chi connectivity index (χ0) is 29.0. The van der Waals surface area contributed by atoms with E-state index in [1.165, 1.54) is 10.9 Å². The summed E-state index contributed by atoms with van der Waals surface area (Å²) in [7, 11) is 1.95. The predicted molar refractivity (Wildman–Crippen MR) is 150 cm³/mol. The third-order valence-corrected chi connectivity index (χ3v) is 7.79. The number of ether oxygens (including phenoxy) is 1. The van der Waals surface area contributed by atoms with Crippen molar-refractivity contribution >= 4 is 34.9 Å². The molecule has 0 bridgehead atoms. The SMILES string of the molecule is C[C@@H]1CCN(C(=O)CC#N)C[C@@H]1N(C)c1ncnc2c1ccn2C(=O)NC1CCC(NC(=O)OC(C)(C)C)CC1. The van der Waals surface area contributed by atoms with Gasteiger partial charge in [-0.15, -0.1) is 0 Å². The first-order valence-corrected chi connectivity index (χ1v) is 14.0. The van der Waals surface area contributed by atoms with Crippen LogP contribution >= 0.6 is 0 Å². The van der Waals surface area contributed by atoms with E-state index in [2.05, 4.69) is 32.4 Å². The second-order valence-electron chi connectivity index (χ2n) is 11.9. The molecule has 0 aromatic carbocycles. The van der Waals surface area contributed by atoms with Crippen LogP contribution in [0.4, 0.5) is 15.4 Å². The van der Waals surface area contributed by atoms with E-state index in [0.717, 1.165) is 37.5 Å². The first-order chi connectivity index (χ1) is 19.0. The average molecular weight is 553 g/mol. The molecule has 12 nitrogen and oxygen atoms in total. The Morgan fingerprint density at radius 1 is 1.12 bits per heavy atom. The van der Waals surface area contributed by atoms with Crippen LogP contribution in [-0.4, -0.2) is 81.3 Å². The number of amides is 3. The summed E-state index contributed by atoms with van der Waals surface area (Å²) in [4.78, 5) is 50.4. The largest absolute Gasteiger partial charge is 0.444 e. The number of hydrogen-bond acceptors (Lipinski definition) is 8. The number of aromatic nitrogens is 3. The van der Waals surface area contributed by atoms with Crippen molar-refractivity contribution in [3.63, 3.8) is 0 Å². The van der Waals surface area contributed by atoms with Crippen molar-refractivity contribution in [2.75, 3.05) is 25.0 Å². The van der Waals surface area contributed by atoms with Gasteiger partial charge in [-0.3, -0.25) is 9.36 Å². The summed E-state index contributed by atoms with van der Waals surface area (Å²) in [6.45, 7) is 8.81. The van der Waals surface area contributed by atoms with Gasteiger partial charge in [-0.25, -0.2) is 19.6 Å². The van der Waals surface area contributed by atoms with Gasteiger partial charge < -0.3 is 25.2 Å². The van der Waals surface area contributed by atoms with Gasteiger partial charge in [0.25, 0.3) is 0 Å². The fourth-order valence-corrected chi connectivity index (χ4v) is 5.60. The summed E-state index contributed by atoms with van der Waals surface area (Å²) < 4.78 is 6.86. The minimum absolute atomic E-state index is 0.00867. The van der Waals surface area contributed by atoms with Crippen molar-refractivity contribution in [3.05, 3.63) is 18.6 Å². The molecule has 40 heavy (non-hydrogen) atoms. The topological polar surface area (TPSA) is 145 Å². The van der Waals surface area contributed by atoms with Gasteiger partial charge in [0, 0.05) is 38.4 Å². The highest BCUT2D eigenvalue weighted by molar-refractivity contribution is 5.95. The normalized spacial score (nSPS) is 23.2. The molecule has 1 saturated heterocycles. The van der Waals surface area contributed by atoms with Crippen molar-refractivity contribution in [1.29, 1.82) is 5.26 Å². The highest BCUT2D eigenvalue weighted by Gasteiger charge is 2.33. The number of rotatable bonds is 5. The van der Waals surface area contributed by atoms with Gasteiger partial charge in [0.1, 0.15) is 24.2 Å². The minimum atomic E-state index is -0.543. The fraction of sp³-hybridized carbons (Fsp3) is 0.643. The van der Waals surface area contributed by atoms with Crippen molar-refractivity contribution in [3.8, 4) is 6.07 Å². The standard InChI is InChI=1S/C28H40N8O4/c1-18-11-14-35(23(37)10-13-29)16-22(18)34(5)24-21-12-15-36(25(21)31-17-30-24)26(38)32-19-6-8-20(9-7-19)33-27(39)40-28(2,3)4/h12,15,17-20,22H,6-11,14,16H2,1-5H3,(H,32,38)(H,33,39)/t18-,19?,20?,22+/m1/s1. The second-order valence-corrected chi connectivity index (χ2v) is 11.9. The zero-order valence-corrected chi connectivity index (χ0v) is 24.0. The monoisotopic (exact) mass is 552 g/mol. The Morgan fingerprint density at radius 2 is 1.80 bits per heavy atom. The first kappa shape index (κ1) is 29.1. The van der Waals surface area contributed by atoms with E-state index in [-0.39, 0.29) is 36.5 Å². The van der Waals surface area contributed by atoms with Crippen LogP contribution in [0.5, 0.6) is 0 Å². The molecule has 2 fully saturated rings. The van der Waals surface area contributed by atoms with E-state index >= 15 is 0 Å². The fourth-order valence-electron chi connectivity index (χ4n) is 5.60. The smallest absolute Gasteiger partial charge is 0.407 e. The van der Waals surface area contributed by atoms with Crippen molar-refractivity contribution in [1.82, 2.24) is 30.1 Å². The highest BCUT2D eigenvalue weighted by Crippen LogP contribution is 2.30. The van der Waals surface area contributed by atoms with Gasteiger partial charge in [0.05, 0.1) is 17.5 Å². The summed E-state index contributed by atoms with van der Waals surface area (Å²) in [6.07, 6.45) is 6.45. The van der Waals surface area contributed by atoms with E-state index in [1.807, 2.05) is 40.0 Å². The molecule has 2 atom stereocenters. The number of carbonyl (C=O) groups is 3. The highest BCUT2D eigenvalue weighted by atomic mass is 16.6. The van der Waals surface area contributed by atoms with E-state index < -0.39 is 11.7 Å². The average Bonchev–Trinajstić information content (AvgIpc) is 3.33. The maximum absolute atomic E-state index is 13.2. The van der Waals surface area contributed by atoms with Gasteiger partial charge in [0.15, 0.2) is 5.65 Å². The molecule has 0 radical (unpaired) electrons.